The molecule has 0 bridgehead atoms. The second-order valence-corrected chi connectivity index (χ2v) is 10.7. The Kier molecular flexibility index (Phi) is 8.35. The lowest BCUT2D eigenvalue weighted by atomic mass is 10.0. The molecule has 10 heteroatoms. The molecule has 0 saturated carbocycles. The van der Waals surface area contributed by atoms with Crippen LogP contribution in [0.1, 0.15) is 26.4 Å². The first-order valence-electron chi connectivity index (χ1n) is 11.9. The van der Waals surface area contributed by atoms with E-state index in [1.54, 1.807) is 49.6 Å². The average molecular weight is 682 g/mol. The number of rotatable bonds is 7. The number of benzene rings is 4. The first-order chi connectivity index (χ1) is 19.4. The maximum Gasteiger partial charge on any atom is 0.343 e. The Labute approximate surface area is 251 Å². The molecule has 1 aromatic heterocycles. The predicted octanol–water partition coefficient (Wildman–Crippen LogP) is 8.01. The lowest BCUT2D eigenvalue weighted by Gasteiger charge is -2.08. The number of amides is 1. The van der Waals surface area contributed by atoms with E-state index < -0.39 is 11.9 Å². The number of ether oxygens (including phenoxy) is 2. The minimum absolute atomic E-state index is 0.269. The highest BCUT2D eigenvalue weighted by Gasteiger charge is 2.23. The summed E-state index contributed by atoms with van der Waals surface area (Å²) >= 11 is 13.0. The third-order valence-electron chi connectivity index (χ3n) is 6.00. The van der Waals surface area contributed by atoms with Gasteiger partial charge in [-0.3, -0.25) is 4.79 Å². The van der Waals surface area contributed by atoms with E-state index in [-0.39, 0.29) is 5.75 Å². The molecule has 0 aliphatic heterocycles. The van der Waals surface area contributed by atoms with Gasteiger partial charge in [0.25, 0.3) is 5.91 Å². The van der Waals surface area contributed by atoms with Gasteiger partial charge in [0.15, 0.2) is 0 Å². The molecule has 0 aliphatic rings. The number of halogens is 3. The molecule has 5 rings (SSSR count). The second-order valence-electron chi connectivity index (χ2n) is 8.52. The van der Waals surface area contributed by atoms with Gasteiger partial charge in [-0.1, -0.05) is 73.8 Å². The molecule has 0 fully saturated rings. The fraction of sp³-hybridized carbons (Fsp3) is 0.0333. The highest BCUT2D eigenvalue weighted by atomic mass is 79.9. The maximum atomic E-state index is 13.4. The first-order valence-corrected chi connectivity index (χ1v) is 13.9. The molecule has 0 saturated heterocycles. The van der Waals surface area contributed by atoms with Gasteiger partial charge in [-0.05, 0) is 60.2 Å². The van der Waals surface area contributed by atoms with Crippen molar-refractivity contribution >= 4 is 72.5 Å². The molecule has 0 atom stereocenters. The summed E-state index contributed by atoms with van der Waals surface area (Å²) < 4.78 is 12.7. The van der Waals surface area contributed by atoms with Gasteiger partial charge in [0.05, 0.1) is 24.4 Å². The summed E-state index contributed by atoms with van der Waals surface area (Å²) in [6, 6.07) is 24.7. The Balaban J connectivity index is 1.45. The Morgan fingerprint density at radius 2 is 1.68 bits per heavy atom. The number of hydrogen-bond acceptors (Lipinski definition) is 5. The average Bonchev–Trinajstić information content (AvgIpc) is 3.37. The van der Waals surface area contributed by atoms with Gasteiger partial charge in [0.2, 0.25) is 0 Å². The number of H-pyrrole nitrogens is 1. The van der Waals surface area contributed by atoms with E-state index in [0.717, 1.165) is 19.9 Å². The number of esters is 1. The quantitative estimate of drug-likeness (QED) is 0.0788. The van der Waals surface area contributed by atoms with E-state index in [1.165, 1.54) is 6.21 Å². The van der Waals surface area contributed by atoms with Crippen LogP contribution < -0.4 is 14.9 Å². The Bertz CT molecular complexity index is 1750. The molecule has 7 nitrogen and oxygen atoms in total. The minimum Gasteiger partial charge on any atom is -0.495 e. The molecule has 1 heterocycles. The molecule has 0 aliphatic carbocycles. The molecular weight excluding hydrogens is 662 g/mol. The van der Waals surface area contributed by atoms with Gasteiger partial charge >= 0.3 is 5.97 Å². The van der Waals surface area contributed by atoms with E-state index in [0.29, 0.717) is 38.7 Å². The number of nitrogens with zero attached hydrogens (tertiary/aromatic N) is 1. The van der Waals surface area contributed by atoms with Crippen molar-refractivity contribution in [2.75, 3.05) is 7.11 Å². The van der Waals surface area contributed by atoms with Gasteiger partial charge < -0.3 is 14.5 Å². The standard InChI is InChI=1S/C30H20Br2ClN3O4/c1-39-24-14-12-22(32)26-25(17-5-3-2-4-6-17)28(35-27(24)26)29(37)36-34-16-19-15-20(31)9-13-23(19)40-30(38)18-7-10-21(33)11-8-18/h2-16,35H,1H3,(H,36,37). The van der Waals surface area contributed by atoms with Crippen LogP contribution in [-0.2, 0) is 0 Å². The third kappa shape index (κ3) is 5.82. The lowest BCUT2D eigenvalue weighted by molar-refractivity contribution is 0.0734. The first kappa shape index (κ1) is 27.6. The summed E-state index contributed by atoms with van der Waals surface area (Å²) in [5, 5.41) is 5.49. The van der Waals surface area contributed by atoms with Crippen molar-refractivity contribution in [1.29, 1.82) is 0 Å². The van der Waals surface area contributed by atoms with Crippen molar-refractivity contribution in [3.8, 4) is 22.6 Å². The van der Waals surface area contributed by atoms with Crippen LogP contribution in [0.4, 0.5) is 0 Å². The summed E-state index contributed by atoms with van der Waals surface area (Å²) in [4.78, 5) is 29.3. The smallest absolute Gasteiger partial charge is 0.343 e. The summed E-state index contributed by atoms with van der Waals surface area (Å²) in [6.07, 6.45) is 1.41. The number of aromatic amines is 1. The van der Waals surface area contributed by atoms with Gasteiger partial charge in [-0.25, -0.2) is 10.2 Å². The molecule has 0 radical (unpaired) electrons. The Hall–Kier alpha value is -3.92. The third-order valence-corrected chi connectivity index (χ3v) is 7.41. The number of hydrogen-bond donors (Lipinski definition) is 2. The largest absolute Gasteiger partial charge is 0.495 e. The molecule has 0 unspecified atom stereocenters. The van der Waals surface area contributed by atoms with Crippen LogP contribution in [0.2, 0.25) is 5.02 Å². The summed E-state index contributed by atoms with van der Waals surface area (Å²) in [5.41, 5.74) is 5.94. The number of carbonyl (C=O) groups is 2. The fourth-order valence-corrected chi connectivity index (χ4v) is 5.18. The number of hydrazone groups is 1. The van der Waals surface area contributed by atoms with Crippen molar-refractivity contribution in [3.63, 3.8) is 0 Å². The number of nitrogens with one attached hydrogen (secondary N) is 2. The van der Waals surface area contributed by atoms with Gasteiger partial charge in [0, 0.05) is 30.5 Å². The number of aromatic nitrogens is 1. The molecule has 4 aromatic carbocycles. The molecule has 5 aromatic rings. The van der Waals surface area contributed by atoms with E-state index >= 15 is 0 Å². The molecule has 1 amide bonds. The van der Waals surface area contributed by atoms with Crippen LogP contribution in [0.15, 0.2) is 99.0 Å². The second kappa shape index (κ2) is 12.1. The van der Waals surface area contributed by atoms with E-state index in [4.69, 9.17) is 21.1 Å². The van der Waals surface area contributed by atoms with E-state index in [9.17, 15) is 9.59 Å². The van der Waals surface area contributed by atoms with Gasteiger partial charge in [0.1, 0.15) is 17.2 Å². The zero-order valence-corrected chi connectivity index (χ0v) is 24.8. The van der Waals surface area contributed by atoms with Crippen LogP contribution >= 0.6 is 43.5 Å². The van der Waals surface area contributed by atoms with Crippen LogP contribution in [-0.4, -0.2) is 30.2 Å². The molecule has 200 valence electrons. The SMILES string of the molecule is COc1ccc(Br)c2c(-c3ccccc3)c(C(=O)NN=Cc3cc(Br)ccc3OC(=O)c3ccc(Cl)cc3)[nH]c12. The van der Waals surface area contributed by atoms with E-state index in [1.807, 2.05) is 42.5 Å². The molecule has 2 N–H and O–H groups in total. The maximum absolute atomic E-state index is 13.4. The van der Waals surface area contributed by atoms with Gasteiger partial charge in [-0.2, -0.15) is 5.10 Å². The Morgan fingerprint density at radius 1 is 0.950 bits per heavy atom. The topological polar surface area (TPSA) is 92.8 Å². The highest BCUT2D eigenvalue weighted by Crippen LogP contribution is 2.40. The summed E-state index contributed by atoms with van der Waals surface area (Å²) in [6.45, 7) is 0. The van der Waals surface area contributed by atoms with Crippen molar-refractivity contribution in [2.24, 2.45) is 5.10 Å². The molecular formula is C30H20Br2ClN3O4. The number of fused-ring (bicyclic) bond motifs is 1. The van der Waals surface area contributed by atoms with Crippen molar-refractivity contribution in [2.45, 2.75) is 0 Å². The Morgan fingerprint density at radius 3 is 2.40 bits per heavy atom. The zero-order valence-electron chi connectivity index (χ0n) is 20.9. The monoisotopic (exact) mass is 679 g/mol. The van der Waals surface area contributed by atoms with Gasteiger partial charge in [-0.15, -0.1) is 0 Å². The summed E-state index contributed by atoms with van der Waals surface area (Å²) in [5.74, 6) is -0.151. The van der Waals surface area contributed by atoms with Crippen LogP contribution in [0.3, 0.4) is 0 Å². The van der Waals surface area contributed by atoms with Crippen LogP contribution in [0.5, 0.6) is 11.5 Å². The summed E-state index contributed by atoms with van der Waals surface area (Å²) in [7, 11) is 1.57. The number of carbonyl (C=O) groups excluding carboxylic acids is 2. The molecule has 0 spiro atoms. The predicted molar refractivity (Wildman–Crippen MR) is 164 cm³/mol. The van der Waals surface area contributed by atoms with Crippen molar-refractivity contribution in [1.82, 2.24) is 10.4 Å². The van der Waals surface area contributed by atoms with E-state index in [2.05, 4.69) is 47.4 Å². The fourth-order valence-electron chi connectivity index (χ4n) is 4.15. The minimum atomic E-state index is -0.553. The zero-order chi connectivity index (χ0) is 28.2. The van der Waals surface area contributed by atoms with Crippen molar-refractivity contribution < 1.29 is 19.1 Å². The van der Waals surface area contributed by atoms with Crippen molar-refractivity contribution in [3.05, 3.63) is 116 Å². The highest BCUT2D eigenvalue weighted by molar-refractivity contribution is 9.11. The van der Waals surface area contributed by atoms with Crippen LogP contribution in [0, 0.1) is 0 Å². The number of methoxy groups -OCH3 is 1. The molecule has 40 heavy (non-hydrogen) atoms. The van der Waals surface area contributed by atoms with Crippen LogP contribution in [0.25, 0.3) is 22.0 Å². The lowest BCUT2D eigenvalue weighted by Crippen LogP contribution is -2.19. The normalized spacial score (nSPS) is 11.1.